The van der Waals surface area contributed by atoms with Crippen LogP contribution in [-0.4, -0.2) is 44.3 Å². The molecule has 2 N–H and O–H groups in total. The highest BCUT2D eigenvalue weighted by Gasteiger charge is 2.29. The number of carbonyl (C=O) groups is 2. The molecule has 1 unspecified atom stereocenters. The minimum absolute atomic E-state index is 0.0465. The number of amides is 2. The second kappa shape index (κ2) is 7.79. The summed E-state index contributed by atoms with van der Waals surface area (Å²) in [5.41, 5.74) is 0.999. The van der Waals surface area contributed by atoms with Gasteiger partial charge in [-0.15, -0.1) is 0 Å². The predicted octanol–water partition coefficient (Wildman–Crippen LogP) is 0.692. The molecule has 2 rings (SSSR count). The monoisotopic (exact) mass is 358 g/mol. The molecular formula is C15H19ClN2O4S. The van der Waals surface area contributed by atoms with Gasteiger partial charge in [0.2, 0.25) is 11.8 Å². The van der Waals surface area contributed by atoms with Crippen molar-refractivity contribution < 1.29 is 18.0 Å². The van der Waals surface area contributed by atoms with Gasteiger partial charge in [0, 0.05) is 17.6 Å². The van der Waals surface area contributed by atoms with E-state index in [1.54, 1.807) is 6.07 Å². The molecule has 1 aromatic carbocycles. The van der Waals surface area contributed by atoms with E-state index in [-0.39, 0.29) is 29.9 Å². The molecule has 1 aromatic rings. The van der Waals surface area contributed by atoms with Gasteiger partial charge in [-0.25, -0.2) is 8.42 Å². The number of carbonyl (C=O) groups excluding carboxylic acids is 2. The van der Waals surface area contributed by atoms with Gasteiger partial charge in [-0.3, -0.25) is 9.59 Å². The molecule has 2 amide bonds. The lowest BCUT2D eigenvalue weighted by Crippen LogP contribution is -2.39. The Morgan fingerprint density at radius 1 is 1.26 bits per heavy atom. The lowest BCUT2D eigenvalue weighted by Gasteiger charge is -2.11. The molecule has 1 saturated heterocycles. The normalized spacial score (nSPS) is 19.3. The van der Waals surface area contributed by atoms with Crippen molar-refractivity contribution in [1.29, 1.82) is 0 Å². The summed E-state index contributed by atoms with van der Waals surface area (Å²) in [5.74, 6) is -0.795. The van der Waals surface area contributed by atoms with Gasteiger partial charge in [-0.05, 0) is 30.5 Å². The molecule has 1 atom stereocenters. The molecule has 8 heteroatoms. The first-order valence-electron chi connectivity index (χ1n) is 7.35. The van der Waals surface area contributed by atoms with Crippen molar-refractivity contribution >= 4 is 33.3 Å². The number of nitrogens with one attached hydrogen (secondary N) is 2. The molecular weight excluding hydrogens is 340 g/mol. The van der Waals surface area contributed by atoms with E-state index >= 15 is 0 Å². The fourth-order valence-electron chi connectivity index (χ4n) is 2.43. The molecule has 1 heterocycles. The van der Waals surface area contributed by atoms with E-state index in [1.807, 2.05) is 18.2 Å². The molecule has 126 valence electrons. The van der Waals surface area contributed by atoms with E-state index in [9.17, 15) is 18.0 Å². The maximum atomic E-state index is 11.7. The summed E-state index contributed by atoms with van der Waals surface area (Å²) in [5, 5.41) is 5.88. The highest BCUT2D eigenvalue weighted by molar-refractivity contribution is 7.91. The van der Waals surface area contributed by atoms with Crippen LogP contribution < -0.4 is 10.6 Å². The summed E-state index contributed by atoms with van der Waals surface area (Å²) in [6.07, 6.45) is 0.728. The van der Waals surface area contributed by atoms with Crippen molar-refractivity contribution in [3.63, 3.8) is 0 Å². The van der Waals surface area contributed by atoms with Crippen molar-refractivity contribution in [2.75, 3.05) is 18.1 Å². The highest BCUT2D eigenvalue weighted by atomic mass is 35.5. The van der Waals surface area contributed by atoms with Crippen LogP contribution in [0.15, 0.2) is 24.3 Å². The summed E-state index contributed by atoms with van der Waals surface area (Å²) in [6.45, 7) is 0.407. The number of sulfone groups is 1. The Bertz CT molecular complexity index is 690. The Morgan fingerprint density at radius 2 is 2.04 bits per heavy atom. The third kappa shape index (κ3) is 6.19. The zero-order chi connectivity index (χ0) is 16.9. The summed E-state index contributed by atoms with van der Waals surface area (Å²) in [4.78, 5) is 23.4. The van der Waals surface area contributed by atoms with Crippen LogP contribution in [-0.2, 0) is 25.8 Å². The second-order valence-corrected chi connectivity index (χ2v) is 8.24. The van der Waals surface area contributed by atoms with Crippen LogP contribution in [0.25, 0.3) is 0 Å². The summed E-state index contributed by atoms with van der Waals surface area (Å²) >= 11 is 5.87. The third-order valence-electron chi connectivity index (χ3n) is 3.54. The van der Waals surface area contributed by atoms with Crippen LogP contribution in [0.3, 0.4) is 0 Å². The van der Waals surface area contributed by atoms with Gasteiger partial charge >= 0.3 is 0 Å². The quantitative estimate of drug-likeness (QED) is 0.732. The molecule has 6 nitrogen and oxygen atoms in total. The molecule has 0 bridgehead atoms. The van der Waals surface area contributed by atoms with Crippen LogP contribution in [0.5, 0.6) is 0 Å². The van der Waals surface area contributed by atoms with Crippen molar-refractivity contribution in [2.24, 2.45) is 0 Å². The molecule has 1 aliphatic heterocycles. The van der Waals surface area contributed by atoms with Crippen molar-refractivity contribution in [1.82, 2.24) is 10.6 Å². The van der Waals surface area contributed by atoms with Gasteiger partial charge in [-0.1, -0.05) is 23.7 Å². The zero-order valence-electron chi connectivity index (χ0n) is 12.5. The SMILES string of the molecule is O=C(CC(=O)NC1CCS(=O)(=O)C1)NCCc1cccc(Cl)c1. The average molecular weight is 359 g/mol. The van der Waals surface area contributed by atoms with E-state index in [1.165, 1.54) is 0 Å². The Morgan fingerprint density at radius 3 is 2.70 bits per heavy atom. The van der Waals surface area contributed by atoms with Crippen LogP contribution in [0, 0.1) is 0 Å². The fourth-order valence-corrected chi connectivity index (χ4v) is 4.32. The molecule has 0 spiro atoms. The van der Waals surface area contributed by atoms with E-state index in [0.29, 0.717) is 24.4 Å². The molecule has 0 aromatic heterocycles. The minimum Gasteiger partial charge on any atom is -0.355 e. The van der Waals surface area contributed by atoms with Crippen molar-refractivity contribution in [2.45, 2.75) is 25.3 Å². The Kier molecular flexibility index (Phi) is 6.01. The van der Waals surface area contributed by atoms with Gasteiger partial charge < -0.3 is 10.6 Å². The molecule has 0 saturated carbocycles. The standard InChI is InChI=1S/C15H19ClN2O4S/c16-12-3-1-2-11(8-12)4-6-17-14(19)9-15(20)18-13-5-7-23(21,22)10-13/h1-3,8,13H,4-7,9-10H2,(H,17,19)(H,18,20). The van der Waals surface area contributed by atoms with E-state index in [0.717, 1.165) is 5.56 Å². The van der Waals surface area contributed by atoms with Crippen LogP contribution >= 0.6 is 11.6 Å². The topological polar surface area (TPSA) is 92.3 Å². The highest BCUT2D eigenvalue weighted by Crippen LogP contribution is 2.11. The summed E-state index contributed by atoms with van der Waals surface area (Å²) in [6, 6.07) is 6.96. The number of halogens is 1. The van der Waals surface area contributed by atoms with Gasteiger partial charge in [0.15, 0.2) is 9.84 Å². The lowest BCUT2D eigenvalue weighted by molar-refractivity contribution is -0.129. The lowest BCUT2D eigenvalue weighted by atomic mass is 10.1. The third-order valence-corrected chi connectivity index (χ3v) is 5.55. The summed E-state index contributed by atoms with van der Waals surface area (Å²) < 4.78 is 22.6. The predicted molar refractivity (Wildman–Crippen MR) is 88.0 cm³/mol. The minimum atomic E-state index is -3.04. The van der Waals surface area contributed by atoms with Crippen molar-refractivity contribution in [3.05, 3.63) is 34.9 Å². The van der Waals surface area contributed by atoms with E-state index in [4.69, 9.17) is 11.6 Å². The Balaban J connectivity index is 1.67. The van der Waals surface area contributed by atoms with Gasteiger partial charge in [0.05, 0.1) is 11.5 Å². The first-order valence-corrected chi connectivity index (χ1v) is 9.55. The van der Waals surface area contributed by atoms with Crippen LogP contribution in [0.2, 0.25) is 5.02 Å². The molecule has 23 heavy (non-hydrogen) atoms. The van der Waals surface area contributed by atoms with E-state index < -0.39 is 15.7 Å². The number of hydrogen-bond acceptors (Lipinski definition) is 4. The Hall–Kier alpha value is -1.60. The zero-order valence-corrected chi connectivity index (χ0v) is 14.1. The largest absolute Gasteiger partial charge is 0.355 e. The fraction of sp³-hybridized carbons (Fsp3) is 0.467. The van der Waals surface area contributed by atoms with Crippen LogP contribution in [0.1, 0.15) is 18.4 Å². The first-order chi connectivity index (χ1) is 10.8. The van der Waals surface area contributed by atoms with Gasteiger partial charge in [0.1, 0.15) is 6.42 Å². The number of hydrogen-bond donors (Lipinski definition) is 2. The number of rotatable bonds is 6. The molecule has 1 aliphatic rings. The molecule has 0 aliphatic carbocycles. The number of benzene rings is 1. The second-order valence-electron chi connectivity index (χ2n) is 5.57. The molecule has 0 radical (unpaired) electrons. The Labute approximate surface area is 140 Å². The summed E-state index contributed by atoms with van der Waals surface area (Å²) in [7, 11) is -3.04. The van der Waals surface area contributed by atoms with Gasteiger partial charge in [-0.2, -0.15) is 0 Å². The maximum Gasteiger partial charge on any atom is 0.229 e. The maximum absolute atomic E-state index is 11.7. The average Bonchev–Trinajstić information content (AvgIpc) is 2.77. The smallest absolute Gasteiger partial charge is 0.229 e. The van der Waals surface area contributed by atoms with E-state index in [2.05, 4.69) is 10.6 Å². The first kappa shape index (κ1) is 17.7. The van der Waals surface area contributed by atoms with Crippen LogP contribution in [0.4, 0.5) is 0 Å². The van der Waals surface area contributed by atoms with Crippen molar-refractivity contribution in [3.8, 4) is 0 Å². The molecule has 1 fully saturated rings. The van der Waals surface area contributed by atoms with Gasteiger partial charge in [0.25, 0.3) is 0 Å².